The first kappa shape index (κ1) is 16.1. The van der Waals surface area contributed by atoms with E-state index in [1.807, 2.05) is 31.2 Å². The van der Waals surface area contributed by atoms with E-state index >= 15 is 0 Å². The summed E-state index contributed by atoms with van der Waals surface area (Å²) in [5.41, 5.74) is 2.64. The summed E-state index contributed by atoms with van der Waals surface area (Å²) in [6.07, 6.45) is 0.315. The zero-order valence-corrected chi connectivity index (χ0v) is 14.7. The third-order valence-electron chi connectivity index (χ3n) is 4.22. The molecule has 1 aliphatic heterocycles. The van der Waals surface area contributed by atoms with Crippen molar-refractivity contribution in [3.8, 4) is 5.82 Å². The van der Waals surface area contributed by atoms with Crippen LogP contribution in [-0.4, -0.2) is 25.9 Å². The molecule has 0 bridgehead atoms. The topological polar surface area (TPSA) is 72.7 Å². The Balaban J connectivity index is 1.89. The Kier molecular flexibility index (Phi) is 3.94. The normalized spacial score (nSPS) is 16.4. The van der Waals surface area contributed by atoms with Crippen molar-refractivity contribution in [3.05, 3.63) is 63.4 Å². The Morgan fingerprint density at radius 1 is 1.16 bits per heavy atom. The van der Waals surface area contributed by atoms with Gasteiger partial charge in [-0.3, -0.25) is 4.79 Å². The standard InChI is InChI=1S/C17H13Cl2N5O/c1-9-16-11(10-4-2-3-5-12(10)18)8-15(25)20-17(16)24(23-9)14-7-6-13(19)21-22-14/h2-7,11H,8H2,1H3,(H,20,25)/t11-/m0/s1. The zero-order chi connectivity index (χ0) is 17.6. The summed E-state index contributed by atoms with van der Waals surface area (Å²) in [4.78, 5) is 12.3. The van der Waals surface area contributed by atoms with Crippen molar-refractivity contribution in [2.24, 2.45) is 0 Å². The van der Waals surface area contributed by atoms with E-state index in [1.54, 1.807) is 16.8 Å². The molecule has 0 unspecified atom stereocenters. The van der Waals surface area contributed by atoms with Crippen molar-refractivity contribution in [2.45, 2.75) is 19.3 Å². The van der Waals surface area contributed by atoms with Crippen LogP contribution >= 0.6 is 23.2 Å². The quantitative estimate of drug-likeness (QED) is 0.742. The first-order valence-electron chi connectivity index (χ1n) is 7.68. The molecule has 3 heterocycles. The lowest BCUT2D eigenvalue weighted by atomic mass is 9.86. The Morgan fingerprint density at radius 3 is 2.68 bits per heavy atom. The fourth-order valence-electron chi connectivity index (χ4n) is 3.16. The highest BCUT2D eigenvalue weighted by Gasteiger charge is 2.33. The highest BCUT2D eigenvalue weighted by atomic mass is 35.5. The van der Waals surface area contributed by atoms with Crippen molar-refractivity contribution in [1.29, 1.82) is 0 Å². The van der Waals surface area contributed by atoms with Crippen LogP contribution in [0.2, 0.25) is 10.2 Å². The number of hydrogen-bond acceptors (Lipinski definition) is 4. The number of nitrogens with one attached hydrogen (secondary N) is 1. The molecule has 25 heavy (non-hydrogen) atoms. The molecular formula is C17H13Cl2N5O. The van der Waals surface area contributed by atoms with Crippen LogP contribution in [0.3, 0.4) is 0 Å². The van der Waals surface area contributed by atoms with Gasteiger partial charge in [-0.2, -0.15) is 9.78 Å². The maximum atomic E-state index is 12.3. The fourth-order valence-corrected chi connectivity index (χ4v) is 3.53. The van der Waals surface area contributed by atoms with E-state index in [1.165, 1.54) is 0 Å². The summed E-state index contributed by atoms with van der Waals surface area (Å²) in [5, 5.41) is 16.3. The minimum atomic E-state index is -0.161. The molecule has 1 aliphatic rings. The molecule has 0 fully saturated rings. The van der Waals surface area contributed by atoms with Gasteiger partial charge in [-0.15, -0.1) is 10.2 Å². The van der Waals surface area contributed by atoms with Crippen molar-refractivity contribution >= 4 is 34.9 Å². The molecule has 6 nitrogen and oxygen atoms in total. The number of aromatic nitrogens is 4. The number of hydrogen-bond donors (Lipinski definition) is 1. The molecular weight excluding hydrogens is 361 g/mol. The number of carbonyl (C=O) groups excluding carboxylic acids is 1. The van der Waals surface area contributed by atoms with Crippen LogP contribution in [-0.2, 0) is 4.79 Å². The average molecular weight is 374 g/mol. The molecule has 0 saturated heterocycles. The zero-order valence-electron chi connectivity index (χ0n) is 13.2. The van der Waals surface area contributed by atoms with Crippen LogP contribution in [0.15, 0.2) is 36.4 Å². The maximum absolute atomic E-state index is 12.3. The summed E-state index contributed by atoms with van der Waals surface area (Å²) in [5.74, 6) is 0.816. The molecule has 4 rings (SSSR count). The highest BCUT2D eigenvalue weighted by Crippen LogP contribution is 2.42. The predicted octanol–water partition coefficient (Wildman–Crippen LogP) is 3.75. The van der Waals surface area contributed by atoms with E-state index in [0.29, 0.717) is 28.2 Å². The molecule has 126 valence electrons. The second-order valence-electron chi connectivity index (χ2n) is 5.80. The molecule has 0 aliphatic carbocycles. The van der Waals surface area contributed by atoms with Gasteiger partial charge in [0.25, 0.3) is 0 Å². The van der Waals surface area contributed by atoms with Crippen LogP contribution in [0.5, 0.6) is 0 Å². The van der Waals surface area contributed by atoms with Crippen LogP contribution in [0.25, 0.3) is 5.82 Å². The molecule has 3 aromatic rings. The van der Waals surface area contributed by atoms with E-state index < -0.39 is 0 Å². The van der Waals surface area contributed by atoms with Gasteiger partial charge in [-0.05, 0) is 30.7 Å². The summed E-state index contributed by atoms with van der Waals surface area (Å²) < 4.78 is 1.58. The second kappa shape index (κ2) is 6.13. The lowest BCUT2D eigenvalue weighted by Gasteiger charge is -2.24. The van der Waals surface area contributed by atoms with Gasteiger partial charge in [0.1, 0.15) is 5.82 Å². The van der Waals surface area contributed by atoms with Crippen molar-refractivity contribution in [1.82, 2.24) is 20.0 Å². The van der Waals surface area contributed by atoms with Gasteiger partial charge in [-0.25, -0.2) is 0 Å². The fraction of sp³-hybridized carbons (Fsp3) is 0.176. The summed E-state index contributed by atoms with van der Waals surface area (Å²) in [6, 6.07) is 10.9. The van der Waals surface area contributed by atoms with Gasteiger partial charge in [-0.1, -0.05) is 41.4 Å². The third kappa shape index (κ3) is 2.77. The number of benzene rings is 1. The number of nitrogens with zero attached hydrogens (tertiary/aromatic N) is 4. The predicted molar refractivity (Wildman–Crippen MR) is 95.4 cm³/mol. The number of rotatable bonds is 2. The number of halogens is 2. The number of fused-ring (bicyclic) bond motifs is 1. The van der Waals surface area contributed by atoms with Gasteiger partial charge < -0.3 is 5.32 Å². The molecule has 2 aromatic heterocycles. The molecule has 8 heteroatoms. The van der Waals surface area contributed by atoms with E-state index in [4.69, 9.17) is 23.2 Å². The highest BCUT2D eigenvalue weighted by molar-refractivity contribution is 6.31. The van der Waals surface area contributed by atoms with E-state index in [0.717, 1.165) is 16.8 Å². The molecule has 0 spiro atoms. The number of amides is 1. The SMILES string of the molecule is Cc1nn(-c2ccc(Cl)nn2)c2c1[C@H](c1ccccc1Cl)CC(=O)N2. The van der Waals surface area contributed by atoms with Crippen molar-refractivity contribution in [3.63, 3.8) is 0 Å². The van der Waals surface area contributed by atoms with E-state index in [2.05, 4.69) is 20.6 Å². The molecule has 1 atom stereocenters. The van der Waals surface area contributed by atoms with Gasteiger partial charge >= 0.3 is 0 Å². The van der Waals surface area contributed by atoms with Gasteiger partial charge in [0.15, 0.2) is 11.0 Å². The van der Waals surface area contributed by atoms with Gasteiger partial charge in [0.2, 0.25) is 5.91 Å². The Morgan fingerprint density at radius 2 is 1.96 bits per heavy atom. The monoisotopic (exact) mass is 373 g/mol. The summed E-state index contributed by atoms with van der Waals surface area (Å²) in [7, 11) is 0. The van der Waals surface area contributed by atoms with E-state index in [-0.39, 0.29) is 11.8 Å². The van der Waals surface area contributed by atoms with Crippen molar-refractivity contribution in [2.75, 3.05) is 5.32 Å². The van der Waals surface area contributed by atoms with Gasteiger partial charge in [0.05, 0.1) is 5.69 Å². The van der Waals surface area contributed by atoms with Crippen LogP contribution < -0.4 is 5.32 Å². The Bertz CT molecular complexity index is 968. The molecule has 1 aromatic carbocycles. The number of carbonyl (C=O) groups is 1. The first-order chi connectivity index (χ1) is 12.0. The smallest absolute Gasteiger partial charge is 0.226 e. The Labute approximate surface area is 153 Å². The third-order valence-corrected chi connectivity index (χ3v) is 4.76. The second-order valence-corrected chi connectivity index (χ2v) is 6.59. The molecule has 1 N–H and O–H groups in total. The number of aryl methyl sites for hydroxylation is 1. The van der Waals surface area contributed by atoms with E-state index in [9.17, 15) is 4.79 Å². The largest absolute Gasteiger partial charge is 0.310 e. The van der Waals surface area contributed by atoms with Crippen LogP contribution in [0.4, 0.5) is 5.82 Å². The van der Waals surface area contributed by atoms with Gasteiger partial charge in [0, 0.05) is 22.9 Å². The minimum Gasteiger partial charge on any atom is -0.310 e. The molecule has 0 saturated carbocycles. The lowest BCUT2D eigenvalue weighted by Crippen LogP contribution is -2.25. The molecule has 0 radical (unpaired) electrons. The summed E-state index contributed by atoms with van der Waals surface area (Å²) >= 11 is 12.2. The molecule has 1 amide bonds. The van der Waals surface area contributed by atoms with Crippen LogP contribution in [0, 0.1) is 6.92 Å². The number of anilines is 1. The minimum absolute atomic E-state index is 0.0968. The first-order valence-corrected chi connectivity index (χ1v) is 8.43. The maximum Gasteiger partial charge on any atom is 0.226 e. The summed E-state index contributed by atoms with van der Waals surface area (Å²) in [6.45, 7) is 1.90. The van der Waals surface area contributed by atoms with Crippen molar-refractivity contribution < 1.29 is 4.79 Å². The average Bonchev–Trinajstić information content (AvgIpc) is 2.92. The van der Waals surface area contributed by atoms with Crippen LogP contribution in [0.1, 0.15) is 29.2 Å². The Hall–Kier alpha value is -2.44. The lowest BCUT2D eigenvalue weighted by molar-refractivity contribution is -0.116.